The summed E-state index contributed by atoms with van der Waals surface area (Å²) >= 11 is 2.43. The van der Waals surface area contributed by atoms with Gasteiger partial charge in [-0.15, -0.1) is 20.4 Å². The minimum atomic E-state index is -4.65. The second-order valence-corrected chi connectivity index (χ2v) is 7.99. The highest BCUT2D eigenvalue weighted by molar-refractivity contribution is 8.01. The first-order valence-corrected chi connectivity index (χ1v) is 9.59. The number of aromatic nitrogens is 6. The Labute approximate surface area is 165 Å². The summed E-state index contributed by atoms with van der Waals surface area (Å²) in [6.07, 6.45) is -4.65. The quantitative estimate of drug-likeness (QED) is 0.517. The maximum absolute atomic E-state index is 13.2. The van der Waals surface area contributed by atoms with E-state index in [2.05, 4.69) is 30.8 Å². The van der Waals surface area contributed by atoms with Crippen molar-refractivity contribution in [2.45, 2.75) is 29.4 Å². The molecule has 7 nitrogen and oxygen atoms in total. The van der Waals surface area contributed by atoms with Crippen LogP contribution < -0.4 is 5.32 Å². The van der Waals surface area contributed by atoms with Crippen LogP contribution in [0.3, 0.4) is 0 Å². The van der Waals surface area contributed by atoms with Gasteiger partial charge in [0.05, 0.1) is 0 Å². The zero-order valence-electron chi connectivity index (χ0n) is 14.5. The van der Waals surface area contributed by atoms with Crippen molar-refractivity contribution in [1.29, 1.82) is 0 Å². The first-order valence-electron chi connectivity index (χ1n) is 7.96. The molecule has 0 amide bonds. The van der Waals surface area contributed by atoms with Gasteiger partial charge in [-0.25, -0.2) is 0 Å². The van der Waals surface area contributed by atoms with E-state index >= 15 is 0 Å². The van der Waals surface area contributed by atoms with Crippen molar-refractivity contribution in [3.63, 3.8) is 0 Å². The summed E-state index contributed by atoms with van der Waals surface area (Å²) in [5.74, 6) is -1.16. The first kappa shape index (κ1) is 18.6. The summed E-state index contributed by atoms with van der Waals surface area (Å²) in [4.78, 5) is 0. The van der Waals surface area contributed by atoms with Crippen LogP contribution in [0.5, 0.6) is 0 Å². The summed E-state index contributed by atoms with van der Waals surface area (Å²) in [6.45, 7) is 3.46. The van der Waals surface area contributed by atoms with Crippen molar-refractivity contribution < 1.29 is 13.2 Å². The molecule has 0 aliphatic rings. The Morgan fingerprint density at radius 1 is 1.00 bits per heavy atom. The predicted octanol–water partition coefficient (Wildman–Crippen LogP) is 4.51. The average molecular weight is 423 g/mol. The highest BCUT2D eigenvalue weighted by atomic mass is 32.2. The number of aryl methyl sites for hydroxylation is 1. The smallest absolute Gasteiger partial charge is 0.330 e. The Morgan fingerprint density at radius 2 is 1.75 bits per heavy atom. The third-order valence-corrected chi connectivity index (χ3v) is 5.89. The predicted molar refractivity (Wildman–Crippen MR) is 99.0 cm³/mol. The number of halogens is 3. The Kier molecular flexibility index (Phi) is 4.67. The highest BCUT2D eigenvalue weighted by Crippen LogP contribution is 2.36. The van der Waals surface area contributed by atoms with E-state index in [4.69, 9.17) is 0 Å². The van der Waals surface area contributed by atoms with Gasteiger partial charge in [0, 0.05) is 11.3 Å². The van der Waals surface area contributed by atoms with E-state index in [1.165, 1.54) is 11.3 Å². The van der Waals surface area contributed by atoms with Crippen LogP contribution in [-0.2, 0) is 6.18 Å². The molecule has 1 aromatic carbocycles. The van der Waals surface area contributed by atoms with Crippen LogP contribution in [0.4, 0.5) is 24.0 Å². The van der Waals surface area contributed by atoms with Crippen molar-refractivity contribution >= 4 is 39.6 Å². The van der Waals surface area contributed by atoms with E-state index in [0.29, 0.717) is 25.6 Å². The molecule has 0 radical (unpaired) electrons. The molecule has 4 aromatic rings. The lowest BCUT2D eigenvalue weighted by molar-refractivity contribution is -0.146. The number of alkyl halides is 3. The number of hydrogen-bond acceptors (Lipinski definition) is 8. The maximum Gasteiger partial charge on any atom is 0.453 e. The fourth-order valence-electron chi connectivity index (χ4n) is 2.41. The van der Waals surface area contributed by atoms with Gasteiger partial charge in [0.2, 0.25) is 5.13 Å². The lowest BCUT2D eigenvalue weighted by atomic mass is 10.2. The van der Waals surface area contributed by atoms with Crippen LogP contribution >= 0.6 is 23.1 Å². The summed E-state index contributed by atoms with van der Waals surface area (Å²) in [6, 6.07) is 9.47. The minimum Gasteiger partial charge on any atom is -0.330 e. The fraction of sp³-hybridized carbons (Fsp3) is 0.188. The molecule has 0 saturated heterocycles. The summed E-state index contributed by atoms with van der Waals surface area (Å²) < 4.78 is 40.7. The molecule has 0 unspecified atom stereocenters. The van der Waals surface area contributed by atoms with Gasteiger partial charge in [-0.1, -0.05) is 29.5 Å². The number of benzene rings is 1. The highest BCUT2D eigenvalue weighted by Gasteiger charge is 2.38. The van der Waals surface area contributed by atoms with Gasteiger partial charge in [0.25, 0.3) is 5.82 Å². The van der Waals surface area contributed by atoms with Crippen LogP contribution in [0.1, 0.15) is 17.0 Å². The number of anilines is 2. The number of hydrogen-bond donors (Lipinski definition) is 1. The SMILES string of the molecule is Cc1c(Sc2nnc(Nc3ccccc3)s2)nn2c(C(F)(F)F)nnc2c1C. The van der Waals surface area contributed by atoms with E-state index < -0.39 is 12.0 Å². The lowest BCUT2D eigenvalue weighted by Gasteiger charge is -2.09. The van der Waals surface area contributed by atoms with Crippen molar-refractivity contribution in [2.75, 3.05) is 5.32 Å². The summed E-state index contributed by atoms with van der Waals surface area (Å²) in [5.41, 5.74) is 2.23. The van der Waals surface area contributed by atoms with Crippen LogP contribution in [0.2, 0.25) is 0 Å². The molecule has 0 saturated carbocycles. The molecule has 12 heteroatoms. The largest absolute Gasteiger partial charge is 0.453 e. The third-order valence-electron chi connectivity index (χ3n) is 3.92. The van der Waals surface area contributed by atoms with Crippen molar-refractivity contribution in [2.24, 2.45) is 0 Å². The molecular weight excluding hydrogens is 411 g/mol. The summed E-state index contributed by atoms with van der Waals surface area (Å²) in [5, 5.41) is 23.2. The van der Waals surface area contributed by atoms with Crippen molar-refractivity contribution in [3.05, 3.63) is 47.3 Å². The number of rotatable bonds is 4. The van der Waals surface area contributed by atoms with E-state index in [0.717, 1.165) is 22.0 Å². The Hall–Kier alpha value is -2.73. The van der Waals surface area contributed by atoms with E-state index in [1.807, 2.05) is 30.3 Å². The number of nitrogens with one attached hydrogen (secondary N) is 1. The zero-order chi connectivity index (χ0) is 19.9. The Bertz CT molecular complexity index is 1140. The van der Waals surface area contributed by atoms with Gasteiger partial charge in [-0.05, 0) is 43.3 Å². The topological polar surface area (TPSA) is 80.9 Å². The van der Waals surface area contributed by atoms with Crippen LogP contribution in [0.15, 0.2) is 39.7 Å². The van der Waals surface area contributed by atoms with E-state index in [-0.39, 0.29) is 5.65 Å². The molecule has 0 atom stereocenters. The standard InChI is InChI=1S/C16H12F3N7S2/c1-8-9(2)12(25-26-11(8)21-22-13(26)16(17,18)19)27-15-24-23-14(28-15)20-10-6-4-3-5-7-10/h3-7H,1-2H3,(H,20,23). The zero-order valence-corrected chi connectivity index (χ0v) is 16.2. The lowest BCUT2D eigenvalue weighted by Crippen LogP contribution is -2.13. The molecule has 144 valence electrons. The Balaban J connectivity index is 1.65. The molecule has 1 N–H and O–H groups in total. The molecule has 0 spiro atoms. The molecule has 0 aliphatic carbocycles. The molecule has 28 heavy (non-hydrogen) atoms. The normalized spacial score (nSPS) is 11.9. The van der Waals surface area contributed by atoms with Crippen LogP contribution in [-0.4, -0.2) is 30.0 Å². The molecule has 0 fully saturated rings. The van der Waals surface area contributed by atoms with Crippen LogP contribution in [0, 0.1) is 13.8 Å². The second kappa shape index (κ2) is 7.02. The Morgan fingerprint density at radius 3 is 2.46 bits per heavy atom. The van der Waals surface area contributed by atoms with E-state index in [1.54, 1.807) is 13.8 Å². The van der Waals surface area contributed by atoms with Crippen molar-refractivity contribution in [3.8, 4) is 0 Å². The summed E-state index contributed by atoms with van der Waals surface area (Å²) in [7, 11) is 0. The maximum atomic E-state index is 13.2. The van der Waals surface area contributed by atoms with Gasteiger partial charge in [-0.2, -0.15) is 22.8 Å². The second-order valence-electron chi connectivity index (χ2n) is 5.78. The first-order chi connectivity index (χ1) is 13.3. The van der Waals surface area contributed by atoms with Gasteiger partial charge in [0.1, 0.15) is 5.03 Å². The molecule has 3 heterocycles. The molecule has 4 rings (SSSR count). The van der Waals surface area contributed by atoms with Crippen molar-refractivity contribution in [1.82, 2.24) is 30.0 Å². The number of nitrogens with zero attached hydrogens (tertiary/aromatic N) is 6. The molecule has 0 aliphatic heterocycles. The van der Waals surface area contributed by atoms with Gasteiger partial charge in [0.15, 0.2) is 9.99 Å². The van der Waals surface area contributed by atoms with Gasteiger partial charge >= 0.3 is 6.18 Å². The number of fused-ring (bicyclic) bond motifs is 1. The monoisotopic (exact) mass is 423 g/mol. The minimum absolute atomic E-state index is 0.0814. The van der Waals surface area contributed by atoms with Gasteiger partial charge in [-0.3, -0.25) is 0 Å². The van der Waals surface area contributed by atoms with Crippen LogP contribution in [0.25, 0.3) is 5.65 Å². The fourth-order valence-corrected chi connectivity index (χ4v) is 4.22. The number of para-hydroxylation sites is 1. The van der Waals surface area contributed by atoms with Gasteiger partial charge < -0.3 is 5.32 Å². The van der Waals surface area contributed by atoms with E-state index in [9.17, 15) is 13.2 Å². The third kappa shape index (κ3) is 3.52. The average Bonchev–Trinajstić information content (AvgIpc) is 3.27. The molecular formula is C16H12F3N7S2. The molecule has 0 bridgehead atoms. The molecule has 3 aromatic heterocycles.